The van der Waals surface area contributed by atoms with E-state index in [0.717, 1.165) is 22.7 Å². The average Bonchev–Trinajstić information content (AvgIpc) is 3.19. The molecular weight excluding hydrogens is 400 g/mol. The van der Waals surface area contributed by atoms with Gasteiger partial charge in [-0.15, -0.1) is 0 Å². The van der Waals surface area contributed by atoms with Crippen LogP contribution in [0, 0.1) is 6.92 Å². The number of hydrogen-bond donors (Lipinski definition) is 1. The molecular formula is C20H23ClN2O4S. The predicted molar refractivity (Wildman–Crippen MR) is 109 cm³/mol. The Morgan fingerprint density at radius 3 is 2.57 bits per heavy atom. The summed E-state index contributed by atoms with van der Waals surface area (Å²) in [5.41, 5.74) is 1.22. The third-order valence-corrected chi connectivity index (χ3v) is 6.65. The Kier molecular flexibility index (Phi) is 6.59. The molecule has 28 heavy (non-hydrogen) atoms. The van der Waals surface area contributed by atoms with Crippen molar-refractivity contribution in [1.82, 2.24) is 5.32 Å². The second-order valence-electron chi connectivity index (χ2n) is 6.69. The number of anilines is 1. The maximum Gasteiger partial charge on any atom is 0.264 e. The van der Waals surface area contributed by atoms with Gasteiger partial charge >= 0.3 is 0 Å². The Balaban J connectivity index is 1.86. The van der Waals surface area contributed by atoms with Crippen LogP contribution in [0.4, 0.5) is 5.69 Å². The number of sulfonamides is 1. The normalized spacial score (nSPS) is 16.7. The molecule has 1 saturated heterocycles. The van der Waals surface area contributed by atoms with Crippen molar-refractivity contribution in [3.63, 3.8) is 0 Å². The fourth-order valence-electron chi connectivity index (χ4n) is 3.10. The zero-order chi connectivity index (χ0) is 20.1. The molecule has 0 saturated carbocycles. The number of halogens is 1. The first-order valence-electron chi connectivity index (χ1n) is 9.10. The highest BCUT2D eigenvalue weighted by molar-refractivity contribution is 7.92. The van der Waals surface area contributed by atoms with E-state index in [9.17, 15) is 13.2 Å². The third-order valence-electron chi connectivity index (χ3n) is 4.62. The topological polar surface area (TPSA) is 75.7 Å². The Labute approximate surface area is 170 Å². The zero-order valence-electron chi connectivity index (χ0n) is 15.6. The molecule has 6 nitrogen and oxygen atoms in total. The van der Waals surface area contributed by atoms with Gasteiger partial charge in [-0.2, -0.15) is 0 Å². The average molecular weight is 423 g/mol. The monoisotopic (exact) mass is 422 g/mol. The second-order valence-corrected chi connectivity index (χ2v) is 8.99. The van der Waals surface area contributed by atoms with Crippen molar-refractivity contribution in [1.29, 1.82) is 0 Å². The van der Waals surface area contributed by atoms with E-state index < -0.39 is 10.0 Å². The molecule has 1 aliphatic heterocycles. The van der Waals surface area contributed by atoms with Gasteiger partial charge < -0.3 is 10.1 Å². The summed E-state index contributed by atoms with van der Waals surface area (Å²) in [6, 6.07) is 13.0. The minimum atomic E-state index is -3.94. The summed E-state index contributed by atoms with van der Waals surface area (Å²) in [6.45, 7) is 2.56. The van der Waals surface area contributed by atoms with Gasteiger partial charge in [0.15, 0.2) is 0 Å². The van der Waals surface area contributed by atoms with Gasteiger partial charge in [0.05, 0.1) is 16.7 Å². The fraction of sp³-hybridized carbons (Fsp3) is 0.350. The Morgan fingerprint density at radius 2 is 1.93 bits per heavy atom. The van der Waals surface area contributed by atoms with Crippen LogP contribution in [0.2, 0.25) is 5.02 Å². The van der Waals surface area contributed by atoms with Gasteiger partial charge in [-0.1, -0.05) is 29.8 Å². The lowest BCUT2D eigenvalue weighted by Crippen LogP contribution is -2.43. The molecule has 1 heterocycles. The van der Waals surface area contributed by atoms with Gasteiger partial charge in [-0.3, -0.25) is 9.10 Å². The maximum absolute atomic E-state index is 13.3. The molecule has 1 atom stereocenters. The summed E-state index contributed by atoms with van der Waals surface area (Å²) < 4.78 is 33.2. The van der Waals surface area contributed by atoms with Gasteiger partial charge in [0.2, 0.25) is 5.91 Å². The molecule has 0 aliphatic carbocycles. The number of para-hydroxylation sites is 1. The number of rotatable bonds is 7. The van der Waals surface area contributed by atoms with E-state index in [2.05, 4.69) is 5.32 Å². The van der Waals surface area contributed by atoms with Crippen LogP contribution in [0.5, 0.6) is 0 Å². The number of carbonyl (C=O) groups excluding carboxylic acids is 1. The molecule has 1 N–H and O–H groups in total. The molecule has 0 bridgehead atoms. The number of benzene rings is 2. The van der Waals surface area contributed by atoms with E-state index in [1.54, 1.807) is 12.1 Å². The first kappa shape index (κ1) is 20.6. The third kappa shape index (κ3) is 4.84. The summed E-state index contributed by atoms with van der Waals surface area (Å²) in [4.78, 5) is 12.6. The van der Waals surface area contributed by atoms with Crippen molar-refractivity contribution in [2.45, 2.75) is 30.8 Å². The summed E-state index contributed by atoms with van der Waals surface area (Å²) in [7, 11) is -3.94. The number of aryl methyl sites for hydroxylation is 1. The summed E-state index contributed by atoms with van der Waals surface area (Å²) in [6.07, 6.45) is 1.86. The highest BCUT2D eigenvalue weighted by Gasteiger charge is 2.28. The number of nitrogens with one attached hydrogen (secondary N) is 1. The predicted octanol–water partition coefficient (Wildman–Crippen LogP) is 3.14. The number of ether oxygens (including phenoxy) is 1. The summed E-state index contributed by atoms with van der Waals surface area (Å²) in [5, 5.41) is 3.23. The summed E-state index contributed by atoms with van der Waals surface area (Å²) >= 11 is 5.89. The Morgan fingerprint density at radius 1 is 1.21 bits per heavy atom. The molecule has 0 radical (unpaired) electrons. The fourth-order valence-corrected chi connectivity index (χ4v) is 4.71. The van der Waals surface area contributed by atoms with Crippen molar-refractivity contribution in [2.24, 2.45) is 0 Å². The van der Waals surface area contributed by atoms with E-state index in [0.29, 0.717) is 23.9 Å². The lowest BCUT2D eigenvalue weighted by molar-refractivity contribution is -0.120. The molecule has 0 spiro atoms. The first-order chi connectivity index (χ1) is 13.4. The van der Waals surface area contributed by atoms with E-state index in [1.165, 1.54) is 24.3 Å². The van der Waals surface area contributed by atoms with E-state index in [1.807, 2.05) is 19.1 Å². The van der Waals surface area contributed by atoms with Crippen LogP contribution in [0.1, 0.15) is 18.4 Å². The molecule has 0 aromatic heterocycles. The van der Waals surface area contributed by atoms with E-state index in [-0.39, 0.29) is 23.5 Å². The molecule has 1 amide bonds. The minimum absolute atomic E-state index is 0.0104. The van der Waals surface area contributed by atoms with Crippen molar-refractivity contribution >= 4 is 33.2 Å². The van der Waals surface area contributed by atoms with Crippen molar-refractivity contribution in [3.05, 3.63) is 59.1 Å². The van der Waals surface area contributed by atoms with Crippen LogP contribution in [0.3, 0.4) is 0 Å². The highest BCUT2D eigenvalue weighted by atomic mass is 35.5. The molecule has 2 aromatic carbocycles. The molecule has 1 unspecified atom stereocenters. The number of carbonyl (C=O) groups is 1. The van der Waals surface area contributed by atoms with Crippen LogP contribution in [-0.4, -0.2) is 40.1 Å². The lowest BCUT2D eigenvalue weighted by Gasteiger charge is -2.26. The lowest BCUT2D eigenvalue weighted by atomic mass is 10.2. The molecule has 3 rings (SSSR count). The Hall–Kier alpha value is -2.09. The van der Waals surface area contributed by atoms with Crippen molar-refractivity contribution in [3.8, 4) is 0 Å². The number of hydrogen-bond acceptors (Lipinski definition) is 4. The van der Waals surface area contributed by atoms with Crippen LogP contribution < -0.4 is 9.62 Å². The molecule has 1 aliphatic rings. The van der Waals surface area contributed by atoms with Gasteiger partial charge in [0.1, 0.15) is 6.54 Å². The number of amides is 1. The smallest absolute Gasteiger partial charge is 0.264 e. The molecule has 150 valence electrons. The van der Waals surface area contributed by atoms with Crippen molar-refractivity contribution < 1.29 is 17.9 Å². The van der Waals surface area contributed by atoms with Gasteiger partial charge in [-0.05, 0) is 55.7 Å². The van der Waals surface area contributed by atoms with Crippen LogP contribution in [0.25, 0.3) is 0 Å². The quantitative estimate of drug-likeness (QED) is 0.743. The maximum atomic E-state index is 13.3. The zero-order valence-corrected chi connectivity index (χ0v) is 17.2. The standard InChI is InChI=1S/C20H23ClN2O4S/c1-15-5-2-3-7-19(15)23(14-20(24)22-13-17-6-4-12-27-17)28(25,26)18-10-8-16(21)9-11-18/h2-3,5,7-11,17H,4,6,12-14H2,1H3,(H,22,24). The van der Waals surface area contributed by atoms with Gasteiger partial charge in [-0.25, -0.2) is 8.42 Å². The van der Waals surface area contributed by atoms with Gasteiger partial charge in [0.25, 0.3) is 10.0 Å². The molecule has 1 fully saturated rings. The van der Waals surface area contributed by atoms with E-state index in [4.69, 9.17) is 16.3 Å². The van der Waals surface area contributed by atoms with E-state index >= 15 is 0 Å². The SMILES string of the molecule is Cc1ccccc1N(CC(=O)NCC1CCCO1)S(=O)(=O)c1ccc(Cl)cc1. The number of nitrogens with zero attached hydrogens (tertiary/aromatic N) is 1. The Bertz CT molecular complexity index is 925. The second kappa shape index (κ2) is 8.94. The highest BCUT2D eigenvalue weighted by Crippen LogP contribution is 2.27. The minimum Gasteiger partial charge on any atom is -0.376 e. The van der Waals surface area contributed by atoms with Gasteiger partial charge in [0, 0.05) is 18.2 Å². The van der Waals surface area contributed by atoms with Crippen molar-refractivity contribution in [2.75, 3.05) is 24.0 Å². The van der Waals surface area contributed by atoms with Crippen LogP contribution >= 0.6 is 11.6 Å². The first-order valence-corrected chi connectivity index (χ1v) is 10.9. The summed E-state index contributed by atoms with van der Waals surface area (Å²) in [5.74, 6) is -0.378. The van der Waals surface area contributed by atoms with Crippen LogP contribution in [0.15, 0.2) is 53.4 Å². The molecule has 2 aromatic rings. The van der Waals surface area contributed by atoms with Crippen LogP contribution in [-0.2, 0) is 19.6 Å². The largest absolute Gasteiger partial charge is 0.376 e. The molecule has 8 heteroatoms.